The van der Waals surface area contributed by atoms with Crippen LogP contribution in [0.1, 0.15) is 31.7 Å². The summed E-state index contributed by atoms with van der Waals surface area (Å²) in [7, 11) is 1.60. The number of likely N-dealkylation sites (tertiary alicyclic amines) is 1. The molecule has 0 amide bonds. The molecule has 1 atom stereocenters. The Morgan fingerprint density at radius 1 is 1.32 bits per heavy atom. The number of aliphatic carboxylic acids is 1. The lowest BCUT2D eigenvalue weighted by Crippen LogP contribution is -2.51. The van der Waals surface area contributed by atoms with Crippen molar-refractivity contribution in [3.63, 3.8) is 0 Å². The Morgan fingerprint density at radius 2 is 2.00 bits per heavy atom. The fourth-order valence-electron chi connectivity index (χ4n) is 2.71. The van der Waals surface area contributed by atoms with Crippen molar-refractivity contribution in [2.75, 3.05) is 20.2 Å². The van der Waals surface area contributed by atoms with E-state index < -0.39 is 11.5 Å². The molecule has 0 bridgehead atoms. The standard InChI is InChI=1S/C15H21NO3/c1-15(14(17)18,16-9-4-3-5-10-16)12-7-6-8-13(11-12)19-2/h6-8,11H,3-5,9-10H2,1-2H3,(H,17,18). The highest BCUT2D eigenvalue weighted by Crippen LogP contribution is 2.33. The lowest BCUT2D eigenvalue weighted by atomic mass is 9.88. The van der Waals surface area contributed by atoms with Crippen molar-refractivity contribution in [2.24, 2.45) is 0 Å². The van der Waals surface area contributed by atoms with Gasteiger partial charge in [-0.3, -0.25) is 4.90 Å². The summed E-state index contributed by atoms with van der Waals surface area (Å²) < 4.78 is 5.21. The maximum absolute atomic E-state index is 11.8. The summed E-state index contributed by atoms with van der Waals surface area (Å²) in [5.74, 6) is -0.107. The van der Waals surface area contributed by atoms with Crippen LogP contribution >= 0.6 is 0 Å². The third kappa shape index (κ3) is 2.59. The van der Waals surface area contributed by atoms with Crippen molar-refractivity contribution in [3.05, 3.63) is 29.8 Å². The average Bonchev–Trinajstić information content (AvgIpc) is 2.47. The van der Waals surface area contributed by atoms with Gasteiger partial charge in [-0.2, -0.15) is 0 Å². The van der Waals surface area contributed by atoms with E-state index >= 15 is 0 Å². The Balaban J connectivity index is 2.39. The number of ether oxygens (including phenoxy) is 1. The topological polar surface area (TPSA) is 49.8 Å². The molecule has 1 N–H and O–H groups in total. The lowest BCUT2D eigenvalue weighted by molar-refractivity contribution is -0.152. The molecular weight excluding hydrogens is 242 g/mol. The minimum Gasteiger partial charge on any atom is -0.497 e. The normalized spacial score (nSPS) is 19.7. The number of methoxy groups -OCH3 is 1. The van der Waals surface area contributed by atoms with Gasteiger partial charge in [-0.25, -0.2) is 4.79 Å². The SMILES string of the molecule is COc1cccc(C(C)(C(=O)O)N2CCCCC2)c1. The molecule has 1 fully saturated rings. The minimum absolute atomic E-state index is 0.696. The molecule has 0 spiro atoms. The molecule has 1 unspecified atom stereocenters. The monoisotopic (exact) mass is 263 g/mol. The number of carboxylic acids is 1. The quantitative estimate of drug-likeness (QED) is 0.906. The molecule has 19 heavy (non-hydrogen) atoms. The van der Waals surface area contributed by atoms with Gasteiger partial charge in [0.25, 0.3) is 0 Å². The highest BCUT2D eigenvalue weighted by atomic mass is 16.5. The number of piperidine rings is 1. The van der Waals surface area contributed by atoms with Crippen molar-refractivity contribution >= 4 is 5.97 Å². The predicted molar refractivity (Wildman–Crippen MR) is 73.4 cm³/mol. The van der Waals surface area contributed by atoms with E-state index in [0.29, 0.717) is 5.75 Å². The minimum atomic E-state index is -0.977. The Morgan fingerprint density at radius 3 is 2.58 bits per heavy atom. The summed E-state index contributed by atoms with van der Waals surface area (Å²) in [5, 5.41) is 9.72. The molecule has 1 aromatic carbocycles. The van der Waals surface area contributed by atoms with Gasteiger partial charge in [0.05, 0.1) is 7.11 Å². The van der Waals surface area contributed by atoms with Crippen molar-refractivity contribution < 1.29 is 14.6 Å². The van der Waals surface area contributed by atoms with Crippen LogP contribution in [0.4, 0.5) is 0 Å². The largest absolute Gasteiger partial charge is 0.497 e. The second-order valence-electron chi connectivity index (χ2n) is 5.16. The van der Waals surface area contributed by atoms with Crippen LogP contribution in [0.2, 0.25) is 0 Å². The number of benzene rings is 1. The summed E-state index contributed by atoms with van der Waals surface area (Å²) in [6.45, 7) is 3.45. The van der Waals surface area contributed by atoms with Gasteiger partial charge in [-0.1, -0.05) is 18.6 Å². The molecule has 0 radical (unpaired) electrons. The summed E-state index contributed by atoms with van der Waals surface area (Å²) >= 11 is 0. The number of hydrogen-bond acceptors (Lipinski definition) is 3. The zero-order valence-corrected chi connectivity index (χ0v) is 11.6. The Labute approximate surface area is 114 Å². The van der Waals surface area contributed by atoms with E-state index in [-0.39, 0.29) is 0 Å². The molecule has 4 nitrogen and oxygen atoms in total. The van der Waals surface area contributed by atoms with Gasteiger partial charge in [0.2, 0.25) is 0 Å². The molecule has 1 aliphatic rings. The van der Waals surface area contributed by atoms with E-state index in [0.717, 1.165) is 31.5 Å². The van der Waals surface area contributed by atoms with Crippen LogP contribution in [0, 0.1) is 0 Å². The molecule has 1 aromatic rings. The first-order valence-corrected chi connectivity index (χ1v) is 6.72. The van der Waals surface area contributed by atoms with E-state index in [1.165, 1.54) is 6.42 Å². The number of rotatable bonds is 4. The molecule has 0 saturated carbocycles. The molecule has 4 heteroatoms. The van der Waals surface area contributed by atoms with Crippen LogP contribution in [0.25, 0.3) is 0 Å². The molecular formula is C15H21NO3. The van der Waals surface area contributed by atoms with Crippen LogP contribution in [0.3, 0.4) is 0 Å². The first-order valence-electron chi connectivity index (χ1n) is 6.72. The second kappa shape index (κ2) is 5.61. The van der Waals surface area contributed by atoms with E-state index in [1.54, 1.807) is 14.0 Å². The van der Waals surface area contributed by atoms with Gasteiger partial charge in [0, 0.05) is 0 Å². The van der Waals surface area contributed by atoms with Gasteiger partial charge in [0.15, 0.2) is 0 Å². The van der Waals surface area contributed by atoms with E-state index in [2.05, 4.69) is 4.90 Å². The van der Waals surface area contributed by atoms with Crippen molar-refractivity contribution in [3.8, 4) is 5.75 Å². The molecule has 1 saturated heterocycles. The van der Waals surface area contributed by atoms with Gasteiger partial charge < -0.3 is 9.84 Å². The van der Waals surface area contributed by atoms with Crippen LogP contribution in [0.15, 0.2) is 24.3 Å². The van der Waals surface area contributed by atoms with E-state index in [4.69, 9.17) is 4.74 Å². The smallest absolute Gasteiger partial charge is 0.328 e. The summed E-state index contributed by atoms with van der Waals surface area (Å²) in [6.07, 6.45) is 3.31. The Kier molecular flexibility index (Phi) is 4.10. The van der Waals surface area contributed by atoms with E-state index in [9.17, 15) is 9.90 Å². The lowest BCUT2D eigenvalue weighted by Gasteiger charge is -2.40. The molecule has 1 aliphatic heterocycles. The summed E-state index contributed by atoms with van der Waals surface area (Å²) in [6, 6.07) is 7.37. The number of carbonyl (C=O) groups is 1. The van der Waals surface area contributed by atoms with Crippen molar-refractivity contribution in [2.45, 2.75) is 31.7 Å². The Hall–Kier alpha value is -1.55. The van der Waals surface area contributed by atoms with Crippen LogP contribution < -0.4 is 4.74 Å². The van der Waals surface area contributed by atoms with Crippen molar-refractivity contribution in [1.82, 2.24) is 4.90 Å². The molecule has 0 aromatic heterocycles. The average molecular weight is 263 g/mol. The van der Waals surface area contributed by atoms with Crippen LogP contribution in [-0.4, -0.2) is 36.2 Å². The van der Waals surface area contributed by atoms with Gasteiger partial charge in [-0.05, 0) is 50.6 Å². The Bertz CT molecular complexity index is 454. The summed E-state index contributed by atoms with van der Waals surface area (Å²) in [5.41, 5.74) is -0.198. The predicted octanol–water partition coefficient (Wildman–Crippen LogP) is 2.48. The van der Waals surface area contributed by atoms with Crippen LogP contribution in [-0.2, 0) is 10.3 Å². The number of hydrogen-bond donors (Lipinski definition) is 1. The fraction of sp³-hybridized carbons (Fsp3) is 0.533. The first-order chi connectivity index (χ1) is 9.09. The number of nitrogens with zero attached hydrogens (tertiary/aromatic N) is 1. The van der Waals surface area contributed by atoms with Gasteiger partial charge in [-0.15, -0.1) is 0 Å². The third-order valence-corrected chi connectivity index (χ3v) is 4.04. The molecule has 2 rings (SSSR count). The fourth-order valence-corrected chi connectivity index (χ4v) is 2.71. The van der Waals surface area contributed by atoms with Crippen molar-refractivity contribution in [1.29, 1.82) is 0 Å². The van der Waals surface area contributed by atoms with Gasteiger partial charge >= 0.3 is 5.97 Å². The summed E-state index contributed by atoms with van der Waals surface area (Å²) in [4.78, 5) is 13.9. The third-order valence-electron chi connectivity index (χ3n) is 4.04. The molecule has 1 heterocycles. The zero-order valence-electron chi connectivity index (χ0n) is 11.6. The highest BCUT2D eigenvalue weighted by molar-refractivity contribution is 5.80. The maximum atomic E-state index is 11.8. The van der Waals surface area contributed by atoms with Gasteiger partial charge in [0.1, 0.15) is 11.3 Å². The molecule has 104 valence electrons. The molecule has 0 aliphatic carbocycles. The highest BCUT2D eigenvalue weighted by Gasteiger charge is 2.41. The first kappa shape index (κ1) is 13.9. The number of carboxylic acid groups (broad SMARTS) is 1. The van der Waals surface area contributed by atoms with Crippen LogP contribution in [0.5, 0.6) is 5.75 Å². The second-order valence-corrected chi connectivity index (χ2v) is 5.16. The van der Waals surface area contributed by atoms with E-state index in [1.807, 2.05) is 24.3 Å². The maximum Gasteiger partial charge on any atom is 0.328 e. The zero-order chi connectivity index (χ0) is 13.9.